The van der Waals surface area contributed by atoms with Gasteiger partial charge in [0, 0.05) is 32.0 Å². The van der Waals surface area contributed by atoms with Crippen molar-refractivity contribution in [3.05, 3.63) is 59.4 Å². The zero-order valence-electron chi connectivity index (χ0n) is 16.2. The second-order valence-corrected chi connectivity index (χ2v) is 7.51. The molecule has 0 unspecified atom stereocenters. The van der Waals surface area contributed by atoms with Crippen LogP contribution in [-0.2, 0) is 11.2 Å². The van der Waals surface area contributed by atoms with Crippen LogP contribution >= 0.6 is 0 Å². The zero-order valence-corrected chi connectivity index (χ0v) is 16.2. The van der Waals surface area contributed by atoms with Gasteiger partial charge in [-0.25, -0.2) is 4.39 Å². The molecule has 0 aromatic heterocycles. The second-order valence-electron chi connectivity index (χ2n) is 7.51. The number of carbonyl (C=O) groups excluding carboxylic acids is 2. The van der Waals surface area contributed by atoms with E-state index >= 15 is 0 Å². The summed E-state index contributed by atoms with van der Waals surface area (Å²) in [5.41, 5.74) is 0.716. The van der Waals surface area contributed by atoms with Gasteiger partial charge in [0.15, 0.2) is 0 Å². The summed E-state index contributed by atoms with van der Waals surface area (Å²) in [5, 5.41) is 2.94. The SMILES string of the molecule is COc1ccc2c(c1)OC1(CCN(C(=O)Cc3ccc(F)cc3)CC1)CNC2=O. The molecule has 1 saturated heterocycles. The number of nitrogens with one attached hydrogen (secondary N) is 1. The van der Waals surface area contributed by atoms with Crippen LogP contribution in [0.1, 0.15) is 28.8 Å². The Morgan fingerprint density at radius 2 is 1.93 bits per heavy atom. The number of carbonyl (C=O) groups is 2. The van der Waals surface area contributed by atoms with Crippen LogP contribution in [0.15, 0.2) is 42.5 Å². The number of likely N-dealkylation sites (tertiary alicyclic amines) is 1. The molecule has 2 amide bonds. The lowest BCUT2D eigenvalue weighted by Crippen LogP contribution is -2.54. The molecule has 152 valence electrons. The number of amides is 2. The third kappa shape index (κ3) is 4.04. The van der Waals surface area contributed by atoms with Crippen molar-refractivity contribution in [3.8, 4) is 11.5 Å². The molecule has 0 radical (unpaired) electrons. The third-order valence-corrected chi connectivity index (χ3v) is 5.63. The van der Waals surface area contributed by atoms with E-state index in [2.05, 4.69) is 5.32 Å². The van der Waals surface area contributed by atoms with Crippen molar-refractivity contribution in [3.63, 3.8) is 0 Å². The van der Waals surface area contributed by atoms with Crippen LogP contribution in [0.4, 0.5) is 4.39 Å². The lowest BCUT2D eigenvalue weighted by Gasteiger charge is -2.41. The van der Waals surface area contributed by atoms with Gasteiger partial charge in [-0.3, -0.25) is 9.59 Å². The van der Waals surface area contributed by atoms with Gasteiger partial charge in [0.05, 0.1) is 25.6 Å². The van der Waals surface area contributed by atoms with Gasteiger partial charge in [0.25, 0.3) is 5.91 Å². The van der Waals surface area contributed by atoms with E-state index in [0.717, 1.165) is 5.56 Å². The number of hydrogen-bond acceptors (Lipinski definition) is 4. The van der Waals surface area contributed by atoms with Gasteiger partial charge >= 0.3 is 0 Å². The summed E-state index contributed by atoms with van der Waals surface area (Å²) in [4.78, 5) is 26.8. The Morgan fingerprint density at radius 3 is 2.62 bits per heavy atom. The number of piperidine rings is 1. The highest BCUT2D eigenvalue weighted by atomic mass is 19.1. The van der Waals surface area contributed by atoms with Crippen LogP contribution in [0.5, 0.6) is 11.5 Å². The average Bonchev–Trinajstić information content (AvgIpc) is 2.86. The monoisotopic (exact) mass is 398 g/mol. The molecular weight excluding hydrogens is 375 g/mol. The van der Waals surface area contributed by atoms with Crippen LogP contribution in [0.25, 0.3) is 0 Å². The van der Waals surface area contributed by atoms with Crippen LogP contribution in [0.2, 0.25) is 0 Å². The summed E-state index contributed by atoms with van der Waals surface area (Å²) in [7, 11) is 1.57. The molecule has 7 heteroatoms. The minimum absolute atomic E-state index is 0.00573. The van der Waals surface area contributed by atoms with Crippen molar-refractivity contribution in [2.75, 3.05) is 26.7 Å². The molecule has 0 aliphatic carbocycles. The minimum atomic E-state index is -0.556. The number of benzene rings is 2. The van der Waals surface area contributed by atoms with Crippen molar-refractivity contribution < 1.29 is 23.5 Å². The van der Waals surface area contributed by atoms with E-state index in [0.29, 0.717) is 49.5 Å². The van der Waals surface area contributed by atoms with Crippen molar-refractivity contribution >= 4 is 11.8 Å². The Kier molecular flexibility index (Phi) is 5.13. The highest BCUT2D eigenvalue weighted by molar-refractivity contribution is 5.97. The Bertz CT molecular complexity index is 921. The van der Waals surface area contributed by atoms with E-state index in [4.69, 9.17) is 9.47 Å². The number of methoxy groups -OCH3 is 1. The first-order chi connectivity index (χ1) is 14.0. The van der Waals surface area contributed by atoms with Crippen LogP contribution in [0.3, 0.4) is 0 Å². The molecule has 0 bridgehead atoms. The highest BCUT2D eigenvalue weighted by Crippen LogP contribution is 2.35. The largest absolute Gasteiger partial charge is 0.497 e. The van der Waals surface area contributed by atoms with Gasteiger partial charge < -0.3 is 19.7 Å². The fourth-order valence-corrected chi connectivity index (χ4v) is 3.84. The van der Waals surface area contributed by atoms with E-state index in [1.165, 1.54) is 12.1 Å². The van der Waals surface area contributed by atoms with Crippen molar-refractivity contribution in [1.29, 1.82) is 0 Å². The summed E-state index contributed by atoms with van der Waals surface area (Å²) < 4.78 is 24.6. The van der Waals surface area contributed by atoms with Gasteiger partial charge in [-0.2, -0.15) is 0 Å². The highest BCUT2D eigenvalue weighted by Gasteiger charge is 2.41. The van der Waals surface area contributed by atoms with Gasteiger partial charge in [0.1, 0.15) is 22.9 Å². The molecule has 2 heterocycles. The van der Waals surface area contributed by atoms with Crippen molar-refractivity contribution in [1.82, 2.24) is 10.2 Å². The number of rotatable bonds is 3. The Balaban J connectivity index is 1.44. The molecular formula is C22H23FN2O4. The molecule has 0 atom stereocenters. The van der Waals surface area contributed by atoms with E-state index < -0.39 is 5.60 Å². The Hall–Kier alpha value is -3.09. The molecule has 0 saturated carbocycles. The smallest absolute Gasteiger partial charge is 0.255 e. The van der Waals surface area contributed by atoms with Crippen molar-refractivity contribution in [2.24, 2.45) is 0 Å². The topological polar surface area (TPSA) is 67.9 Å². The first-order valence-electron chi connectivity index (χ1n) is 9.65. The summed E-state index contributed by atoms with van der Waals surface area (Å²) in [6.45, 7) is 1.47. The molecule has 2 aliphatic rings. The molecule has 6 nitrogen and oxygen atoms in total. The molecule has 29 heavy (non-hydrogen) atoms. The third-order valence-electron chi connectivity index (χ3n) is 5.63. The van der Waals surface area contributed by atoms with E-state index in [1.807, 2.05) is 0 Å². The summed E-state index contributed by atoms with van der Waals surface area (Å²) in [6.07, 6.45) is 1.46. The fourth-order valence-electron chi connectivity index (χ4n) is 3.84. The average molecular weight is 398 g/mol. The van der Waals surface area contributed by atoms with Gasteiger partial charge in [0.2, 0.25) is 5.91 Å². The maximum atomic E-state index is 13.0. The lowest BCUT2D eigenvalue weighted by atomic mass is 9.90. The molecule has 4 rings (SSSR count). The van der Waals surface area contributed by atoms with Gasteiger partial charge in [-0.15, -0.1) is 0 Å². The normalized spacial score (nSPS) is 17.7. The van der Waals surface area contributed by atoms with E-state index in [1.54, 1.807) is 42.3 Å². The van der Waals surface area contributed by atoms with Crippen molar-refractivity contribution in [2.45, 2.75) is 24.9 Å². The predicted molar refractivity (Wildman–Crippen MR) is 105 cm³/mol. The molecule has 1 N–H and O–H groups in total. The first kappa shape index (κ1) is 19.2. The number of nitrogens with zero attached hydrogens (tertiary/aromatic N) is 1. The zero-order chi connectivity index (χ0) is 20.4. The maximum Gasteiger partial charge on any atom is 0.255 e. The lowest BCUT2D eigenvalue weighted by molar-refractivity contribution is -0.133. The standard InChI is InChI=1S/C22H23FN2O4/c1-28-17-6-7-18-19(13-17)29-22(14-24-21(18)27)8-10-25(11-9-22)20(26)12-15-2-4-16(23)5-3-15/h2-7,13H,8-12,14H2,1H3,(H,24,27). The second kappa shape index (κ2) is 7.73. The quantitative estimate of drug-likeness (QED) is 0.863. The maximum absolute atomic E-state index is 13.0. The summed E-state index contributed by atoms with van der Waals surface area (Å²) in [5.74, 6) is 0.650. The number of hydrogen-bond donors (Lipinski definition) is 1. The first-order valence-corrected chi connectivity index (χ1v) is 9.65. The van der Waals surface area contributed by atoms with Crippen LogP contribution in [-0.4, -0.2) is 49.1 Å². The molecule has 1 spiro atoms. The fraction of sp³-hybridized carbons (Fsp3) is 0.364. The van der Waals surface area contributed by atoms with E-state index in [-0.39, 0.29) is 24.1 Å². The van der Waals surface area contributed by atoms with Gasteiger partial charge in [-0.05, 0) is 29.8 Å². The van der Waals surface area contributed by atoms with E-state index in [9.17, 15) is 14.0 Å². The molecule has 2 aromatic rings. The predicted octanol–water partition coefficient (Wildman–Crippen LogP) is 2.56. The number of ether oxygens (including phenoxy) is 2. The summed E-state index contributed by atoms with van der Waals surface area (Å²) in [6, 6.07) is 11.2. The number of halogens is 1. The molecule has 2 aromatic carbocycles. The molecule has 2 aliphatic heterocycles. The Labute approximate surface area is 168 Å². The molecule has 1 fully saturated rings. The number of fused-ring (bicyclic) bond motifs is 1. The summed E-state index contributed by atoms with van der Waals surface area (Å²) >= 11 is 0. The van der Waals surface area contributed by atoms with Crippen LogP contribution < -0.4 is 14.8 Å². The Morgan fingerprint density at radius 1 is 1.21 bits per heavy atom. The van der Waals surface area contributed by atoms with Crippen LogP contribution in [0, 0.1) is 5.82 Å². The van der Waals surface area contributed by atoms with Gasteiger partial charge in [-0.1, -0.05) is 12.1 Å². The minimum Gasteiger partial charge on any atom is -0.497 e.